The van der Waals surface area contributed by atoms with Gasteiger partial charge in [0.1, 0.15) is 11.9 Å². The Balaban J connectivity index is 1.92. The molecule has 0 radical (unpaired) electrons. The number of hydrogen-bond donors (Lipinski definition) is 0. The van der Waals surface area contributed by atoms with Crippen LogP contribution in [0.15, 0.2) is 18.2 Å². The molecule has 17 heavy (non-hydrogen) atoms. The van der Waals surface area contributed by atoms with Crippen molar-refractivity contribution in [2.45, 2.75) is 31.2 Å². The summed E-state index contributed by atoms with van der Waals surface area (Å²) in [5.74, 6) is 1.07. The van der Waals surface area contributed by atoms with Gasteiger partial charge < -0.3 is 9.64 Å². The first-order valence-electron chi connectivity index (χ1n) is 6.13. The smallest absolute Gasteiger partial charge is 0.123 e. The predicted molar refractivity (Wildman–Crippen MR) is 75.2 cm³/mol. The van der Waals surface area contributed by atoms with E-state index in [2.05, 4.69) is 59.9 Å². The van der Waals surface area contributed by atoms with Gasteiger partial charge in [-0.1, -0.05) is 40.5 Å². The van der Waals surface area contributed by atoms with Gasteiger partial charge in [-0.25, -0.2) is 0 Å². The molecule has 0 bridgehead atoms. The predicted octanol–water partition coefficient (Wildman–Crippen LogP) is 3.01. The van der Waals surface area contributed by atoms with Crippen LogP contribution in [0.1, 0.15) is 18.1 Å². The van der Waals surface area contributed by atoms with Crippen LogP contribution in [-0.4, -0.2) is 36.0 Å². The average molecular weight is 298 g/mol. The highest BCUT2D eigenvalue weighted by molar-refractivity contribution is 9.09. The zero-order valence-corrected chi connectivity index (χ0v) is 12.3. The third kappa shape index (κ3) is 3.46. The third-order valence-corrected chi connectivity index (χ3v) is 3.33. The molecular formula is C14H20BrNO. The molecule has 2 unspecified atom stereocenters. The molecule has 2 nitrogen and oxygen atoms in total. The van der Waals surface area contributed by atoms with Crippen LogP contribution >= 0.6 is 15.9 Å². The first kappa shape index (κ1) is 12.9. The van der Waals surface area contributed by atoms with Crippen molar-refractivity contribution in [1.82, 2.24) is 4.90 Å². The lowest BCUT2D eigenvalue weighted by Gasteiger charge is -2.21. The SMILES string of the molecule is Cc1ccc2c(c1)CC(CN(C)CC(C)Br)O2. The molecule has 1 aromatic rings. The van der Waals surface area contributed by atoms with Crippen LogP contribution in [0.3, 0.4) is 0 Å². The summed E-state index contributed by atoms with van der Waals surface area (Å²) < 4.78 is 5.96. The lowest BCUT2D eigenvalue weighted by atomic mass is 10.1. The van der Waals surface area contributed by atoms with E-state index >= 15 is 0 Å². The molecule has 2 rings (SSSR count). The number of halogens is 1. The number of hydrogen-bond acceptors (Lipinski definition) is 2. The second-order valence-electron chi connectivity index (χ2n) is 5.06. The number of likely N-dealkylation sites (N-methyl/N-ethyl adjacent to an activating group) is 1. The zero-order chi connectivity index (χ0) is 12.4. The van der Waals surface area contributed by atoms with Crippen LogP contribution < -0.4 is 4.74 Å². The van der Waals surface area contributed by atoms with Gasteiger partial charge in [-0.15, -0.1) is 0 Å². The standard InChI is InChI=1S/C14H20BrNO/c1-10-4-5-14-12(6-10)7-13(17-14)9-16(3)8-11(2)15/h4-6,11,13H,7-9H2,1-3H3. The largest absolute Gasteiger partial charge is 0.488 e. The number of benzene rings is 1. The fourth-order valence-corrected chi connectivity index (χ4v) is 2.90. The molecule has 1 heterocycles. The van der Waals surface area contributed by atoms with E-state index in [1.54, 1.807) is 0 Å². The summed E-state index contributed by atoms with van der Waals surface area (Å²) in [4.78, 5) is 2.85. The maximum absolute atomic E-state index is 5.96. The molecule has 1 aromatic carbocycles. The van der Waals surface area contributed by atoms with Gasteiger partial charge in [-0.3, -0.25) is 0 Å². The Hall–Kier alpha value is -0.540. The number of fused-ring (bicyclic) bond motifs is 1. The number of ether oxygens (including phenoxy) is 1. The fourth-order valence-electron chi connectivity index (χ4n) is 2.40. The van der Waals surface area contributed by atoms with Gasteiger partial charge in [-0.2, -0.15) is 0 Å². The first-order chi connectivity index (χ1) is 8.04. The molecule has 0 spiro atoms. The van der Waals surface area contributed by atoms with Crippen molar-refractivity contribution in [2.24, 2.45) is 0 Å². The molecule has 2 atom stereocenters. The van der Waals surface area contributed by atoms with E-state index in [0.717, 1.165) is 25.3 Å². The summed E-state index contributed by atoms with van der Waals surface area (Å²) in [7, 11) is 2.15. The van der Waals surface area contributed by atoms with Crippen molar-refractivity contribution < 1.29 is 4.74 Å². The van der Waals surface area contributed by atoms with Crippen LogP contribution in [0.5, 0.6) is 5.75 Å². The van der Waals surface area contributed by atoms with Crippen LogP contribution in [-0.2, 0) is 6.42 Å². The van der Waals surface area contributed by atoms with Crippen molar-refractivity contribution >= 4 is 15.9 Å². The summed E-state index contributed by atoms with van der Waals surface area (Å²) in [5.41, 5.74) is 2.67. The van der Waals surface area contributed by atoms with Crippen molar-refractivity contribution in [1.29, 1.82) is 0 Å². The average Bonchev–Trinajstić information content (AvgIpc) is 2.57. The topological polar surface area (TPSA) is 12.5 Å². The van der Waals surface area contributed by atoms with Crippen molar-refractivity contribution in [3.05, 3.63) is 29.3 Å². The summed E-state index contributed by atoms with van der Waals surface area (Å²) in [6.07, 6.45) is 1.35. The van der Waals surface area contributed by atoms with E-state index in [1.807, 2.05) is 0 Å². The highest BCUT2D eigenvalue weighted by Gasteiger charge is 2.24. The molecule has 0 fully saturated rings. The minimum Gasteiger partial charge on any atom is -0.488 e. The van der Waals surface area contributed by atoms with E-state index in [-0.39, 0.29) is 0 Å². The van der Waals surface area contributed by atoms with Gasteiger partial charge in [0, 0.05) is 24.3 Å². The Morgan fingerprint density at radius 3 is 3.00 bits per heavy atom. The maximum Gasteiger partial charge on any atom is 0.123 e. The summed E-state index contributed by atoms with van der Waals surface area (Å²) in [6.45, 7) is 6.34. The number of nitrogens with zero attached hydrogens (tertiary/aromatic N) is 1. The maximum atomic E-state index is 5.96. The highest BCUT2D eigenvalue weighted by Crippen LogP contribution is 2.29. The molecule has 0 amide bonds. The van der Waals surface area contributed by atoms with Crippen LogP contribution in [0.4, 0.5) is 0 Å². The van der Waals surface area contributed by atoms with Crippen molar-refractivity contribution in [3.8, 4) is 5.75 Å². The van der Waals surface area contributed by atoms with E-state index in [0.29, 0.717) is 10.9 Å². The number of aryl methyl sites for hydroxylation is 1. The second kappa shape index (κ2) is 5.40. The summed E-state index contributed by atoms with van der Waals surface area (Å²) in [6, 6.07) is 6.45. The molecule has 0 N–H and O–H groups in total. The molecule has 0 aliphatic carbocycles. The molecule has 0 saturated carbocycles. The van der Waals surface area contributed by atoms with Gasteiger partial charge in [0.2, 0.25) is 0 Å². The Morgan fingerprint density at radius 2 is 2.29 bits per heavy atom. The Bertz CT molecular complexity index is 392. The Kier molecular flexibility index (Phi) is 4.10. The summed E-state index contributed by atoms with van der Waals surface area (Å²) >= 11 is 3.58. The van der Waals surface area contributed by atoms with Crippen LogP contribution in [0.2, 0.25) is 0 Å². The van der Waals surface area contributed by atoms with Crippen molar-refractivity contribution in [2.75, 3.05) is 20.1 Å². The fraction of sp³-hybridized carbons (Fsp3) is 0.571. The quantitative estimate of drug-likeness (QED) is 0.792. The minimum absolute atomic E-state index is 0.308. The molecule has 1 aliphatic heterocycles. The zero-order valence-electron chi connectivity index (χ0n) is 10.7. The minimum atomic E-state index is 0.308. The number of rotatable bonds is 4. The Morgan fingerprint density at radius 1 is 1.53 bits per heavy atom. The molecule has 0 saturated heterocycles. The van der Waals surface area contributed by atoms with Crippen LogP contribution in [0.25, 0.3) is 0 Å². The monoisotopic (exact) mass is 297 g/mol. The highest BCUT2D eigenvalue weighted by atomic mass is 79.9. The molecule has 3 heteroatoms. The van der Waals surface area contributed by atoms with E-state index in [4.69, 9.17) is 4.74 Å². The molecule has 94 valence electrons. The Labute approximate surface area is 112 Å². The van der Waals surface area contributed by atoms with E-state index < -0.39 is 0 Å². The number of alkyl halides is 1. The van der Waals surface area contributed by atoms with Gasteiger partial charge >= 0.3 is 0 Å². The third-order valence-electron chi connectivity index (χ3n) is 3.04. The van der Waals surface area contributed by atoms with Crippen LogP contribution in [0, 0.1) is 6.92 Å². The molecule has 1 aliphatic rings. The van der Waals surface area contributed by atoms with Gasteiger partial charge in [0.05, 0.1) is 0 Å². The van der Waals surface area contributed by atoms with E-state index in [1.165, 1.54) is 11.1 Å². The van der Waals surface area contributed by atoms with Gasteiger partial charge in [0.15, 0.2) is 0 Å². The lowest BCUT2D eigenvalue weighted by Crippen LogP contribution is -2.34. The first-order valence-corrected chi connectivity index (χ1v) is 7.05. The normalized spacial score (nSPS) is 20.2. The van der Waals surface area contributed by atoms with Gasteiger partial charge in [0.25, 0.3) is 0 Å². The van der Waals surface area contributed by atoms with E-state index in [9.17, 15) is 0 Å². The molecule has 0 aromatic heterocycles. The lowest BCUT2D eigenvalue weighted by molar-refractivity contribution is 0.170. The van der Waals surface area contributed by atoms with Crippen molar-refractivity contribution in [3.63, 3.8) is 0 Å². The van der Waals surface area contributed by atoms with Gasteiger partial charge in [-0.05, 0) is 25.6 Å². The second-order valence-corrected chi connectivity index (χ2v) is 6.62. The summed E-state index contributed by atoms with van der Waals surface area (Å²) in [5, 5.41) is 0. The molecular weight excluding hydrogens is 278 g/mol.